The van der Waals surface area contributed by atoms with Gasteiger partial charge < -0.3 is 24.4 Å². The number of hydrogen-bond acceptors (Lipinski definition) is 5. The molecule has 172 valence electrons. The van der Waals surface area contributed by atoms with Crippen LogP contribution in [-0.2, 0) is 16.0 Å². The van der Waals surface area contributed by atoms with Gasteiger partial charge in [0.2, 0.25) is 5.91 Å². The number of fused-ring (bicyclic) bond motifs is 1. The van der Waals surface area contributed by atoms with E-state index in [1.807, 2.05) is 13.8 Å². The molecule has 1 aliphatic heterocycles. The van der Waals surface area contributed by atoms with E-state index in [1.165, 1.54) is 0 Å². The Balaban J connectivity index is 1.60. The highest BCUT2D eigenvalue weighted by molar-refractivity contribution is 6.32. The van der Waals surface area contributed by atoms with Gasteiger partial charge in [-0.15, -0.1) is 0 Å². The SMILES string of the molecule is CCN(CC)C(=O)COc1ccc(NC(=O)Cc2cc(Cl)c3c(c2)OCCCO3)cc1Cl. The van der Waals surface area contributed by atoms with Gasteiger partial charge in [0.15, 0.2) is 18.1 Å². The summed E-state index contributed by atoms with van der Waals surface area (Å²) in [5.41, 5.74) is 1.22. The molecule has 7 nitrogen and oxygen atoms in total. The van der Waals surface area contributed by atoms with Gasteiger partial charge >= 0.3 is 0 Å². The molecule has 0 aliphatic carbocycles. The van der Waals surface area contributed by atoms with E-state index in [2.05, 4.69) is 5.32 Å². The molecule has 32 heavy (non-hydrogen) atoms. The molecule has 0 saturated carbocycles. The molecular formula is C23H26Cl2N2O5. The molecular weight excluding hydrogens is 455 g/mol. The van der Waals surface area contributed by atoms with Crippen LogP contribution in [0, 0.1) is 0 Å². The highest BCUT2D eigenvalue weighted by Crippen LogP contribution is 2.38. The zero-order valence-corrected chi connectivity index (χ0v) is 19.6. The zero-order chi connectivity index (χ0) is 23.1. The molecule has 0 radical (unpaired) electrons. The number of carbonyl (C=O) groups is 2. The topological polar surface area (TPSA) is 77.1 Å². The predicted molar refractivity (Wildman–Crippen MR) is 124 cm³/mol. The lowest BCUT2D eigenvalue weighted by atomic mass is 10.1. The van der Waals surface area contributed by atoms with E-state index in [0.29, 0.717) is 64.8 Å². The summed E-state index contributed by atoms with van der Waals surface area (Å²) in [6, 6.07) is 8.34. The Kier molecular flexibility index (Phi) is 8.47. The van der Waals surface area contributed by atoms with Crippen molar-refractivity contribution in [2.75, 3.05) is 38.2 Å². The number of ether oxygens (including phenoxy) is 3. The third-order valence-corrected chi connectivity index (χ3v) is 5.49. The zero-order valence-electron chi connectivity index (χ0n) is 18.1. The van der Waals surface area contributed by atoms with Crippen molar-refractivity contribution in [2.24, 2.45) is 0 Å². The van der Waals surface area contributed by atoms with Crippen LogP contribution in [-0.4, -0.2) is 49.6 Å². The average Bonchev–Trinajstić information content (AvgIpc) is 3.00. The number of amides is 2. The van der Waals surface area contributed by atoms with Gasteiger partial charge in [0, 0.05) is 25.2 Å². The number of rotatable bonds is 8. The van der Waals surface area contributed by atoms with Crippen LogP contribution in [0.25, 0.3) is 0 Å². The summed E-state index contributed by atoms with van der Waals surface area (Å²) in [6.07, 6.45) is 0.871. The largest absolute Gasteiger partial charge is 0.489 e. The van der Waals surface area contributed by atoms with Crippen LogP contribution in [0.4, 0.5) is 5.69 Å². The molecule has 0 atom stereocenters. The lowest BCUT2D eigenvalue weighted by molar-refractivity contribution is -0.133. The molecule has 0 fully saturated rings. The summed E-state index contributed by atoms with van der Waals surface area (Å²) < 4.78 is 16.8. The van der Waals surface area contributed by atoms with Crippen molar-refractivity contribution in [3.8, 4) is 17.2 Å². The van der Waals surface area contributed by atoms with Gasteiger partial charge in [0.1, 0.15) is 5.75 Å². The second-order valence-corrected chi connectivity index (χ2v) is 7.99. The van der Waals surface area contributed by atoms with Gasteiger partial charge in [0.05, 0.1) is 29.7 Å². The van der Waals surface area contributed by atoms with Crippen LogP contribution in [0.1, 0.15) is 25.8 Å². The summed E-state index contributed by atoms with van der Waals surface area (Å²) in [7, 11) is 0. The van der Waals surface area contributed by atoms with Crippen molar-refractivity contribution in [3.05, 3.63) is 45.9 Å². The van der Waals surface area contributed by atoms with Crippen molar-refractivity contribution in [1.82, 2.24) is 4.90 Å². The first-order valence-corrected chi connectivity index (χ1v) is 11.2. The van der Waals surface area contributed by atoms with E-state index >= 15 is 0 Å². The maximum atomic E-state index is 12.5. The van der Waals surface area contributed by atoms with Crippen LogP contribution in [0.3, 0.4) is 0 Å². The number of nitrogens with zero attached hydrogens (tertiary/aromatic N) is 1. The number of halogens is 2. The maximum absolute atomic E-state index is 12.5. The van der Waals surface area contributed by atoms with Crippen molar-refractivity contribution in [2.45, 2.75) is 26.7 Å². The minimum Gasteiger partial charge on any atom is -0.489 e. The molecule has 1 N–H and O–H groups in total. The van der Waals surface area contributed by atoms with Gasteiger partial charge in [-0.05, 0) is 49.7 Å². The Morgan fingerprint density at radius 2 is 1.81 bits per heavy atom. The van der Waals surface area contributed by atoms with Crippen LogP contribution < -0.4 is 19.5 Å². The first-order chi connectivity index (χ1) is 15.4. The third kappa shape index (κ3) is 6.20. The van der Waals surface area contributed by atoms with E-state index < -0.39 is 0 Å². The fourth-order valence-electron chi connectivity index (χ4n) is 3.28. The van der Waals surface area contributed by atoms with Crippen LogP contribution >= 0.6 is 23.2 Å². The van der Waals surface area contributed by atoms with Gasteiger partial charge in [-0.3, -0.25) is 9.59 Å². The van der Waals surface area contributed by atoms with Gasteiger partial charge in [-0.1, -0.05) is 23.2 Å². The average molecular weight is 481 g/mol. The van der Waals surface area contributed by atoms with Gasteiger partial charge in [-0.25, -0.2) is 0 Å². The van der Waals surface area contributed by atoms with Crippen molar-refractivity contribution < 1.29 is 23.8 Å². The Labute approximate surface area is 197 Å². The monoisotopic (exact) mass is 480 g/mol. The first-order valence-electron chi connectivity index (χ1n) is 10.5. The minimum atomic E-state index is -0.239. The van der Waals surface area contributed by atoms with E-state index in [9.17, 15) is 9.59 Å². The van der Waals surface area contributed by atoms with Crippen LogP contribution in [0.5, 0.6) is 17.2 Å². The fourth-order valence-corrected chi connectivity index (χ4v) is 3.80. The molecule has 2 aromatic rings. The Morgan fingerprint density at radius 1 is 1.06 bits per heavy atom. The second kappa shape index (κ2) is 11.3. The summed E-state index contributed by atoms with van der Waals surface area (Å²) in [5.74, 6) is 1.07. The molecule has 2 amide bonds. The standard InChI is InChI=1S/C23H26Cl2N2O5/c1-3-27(4-2)22(29)14-32-19-7-6-16(13-17(19)24)26-21(28)12-15-10-18(25)23-20(11-15)30-8-5-9-31-23/h6-7,10-11,13H,3-5,8-9,12,14H2,1-2H3,(H,26,28). The molecule has 0 saturated heterocycles. The number of benzene rings is 2. The van der Waals surface area contributed by atoms with Gasteiger partial charge in [-0.2, -0.15) is 0 Å². The number of carbonyl (C=O) groups excluding carboxylic acids is 2. The first kappa shape index (κ1) is 24.0. The van der Waals surface area contributed by atoms with Gasteiger partial charge in [0.25, 0.3) is 5.91 Å². The molecule has 0 spiro atoms. The van der Waals surface area contributed by atoms with Crippen molar-refractivity contribution in [1.29, 1.82) is 0 Å². The molecule has 1 heterocycles. The number of anilines is 1. The number of likely N-dealkylation sites (N-methyl/N-ethyl adjacent to an activating group) is 1. The molecule has 1 aliphatic rings. The Hall–Kier alpha value is -2.64. The molecule has 3 rings (SSSR count). The summed E-state index contributed by atoms with van der Waals surface area (Å²) in [5, 5.41) is 3.52. The van der Waals surface area contributed by atoms with E-state index in [4.69, 9.17) is 37.4 Å². The van der Waals surface area contributed by atoms with Crippen LogP contribution in [0.15, 0.2) is 30.3 Å². The molecule has 0 aromatic heterocycles. The quantitative estimate of drug-likeness (QED) is 0.597. The van der Waals surface area contributed by atoms with E-state index in [1.54, 1.807) is 35.2 Å². The lowest BCUT2D eigenvalue weighted by Gasteiger charge is -2.19. The Morgan fingerprint density at radius 3 is 2.53 bits per heavy atom. The smallest absolute Gasteiger partial charge is 0.260 e. The highest BCUT2D eigenvalue weighted by Gasteiger charge is 2.17. The maximum Gasteiger partial charge on any atom is 0.260 e. The van der Waals surface area contributed by atoms with E-state index in [-0.39, 0.29) is 24.8 Å². The van der Waals surface area contributed by atoms with E-state index in [0.717, 1.165) is 6.42 Å². The third-order valence-electron chi connectivity index (χ3n) is 4.91. The van der Waals surface area contributed by atoms with Crippen molar-refractivity contribution >= 4 is 40.7 Å². The predicted octanol–water partition coefficient (Wildman–Crippen LogP) is 4.58. The minimum absolute atomic E-state index is 0.0992. The normalized spacial score (nSPS) is 12.6. The summed E-state index contributed by atoms with van der Waals surface area (Å²) in [6.45, 7) is 6.03. The number of nitrogens with one attached hydrogen (secondary N) is 1. The van der Waals surface area contributed by atoms with Crippen molar-refractivity contribution in [3.63, 3.8) is 0 Å². The second-order valence-electron chi connectivity index (χ2n) is 7.18. The molecule has 0 unspecified atom stereocenters. The summed E-state index contributed by atoms with van der Waals surface area (Å²) >= 11 is 12.6. The molecule has 2 aromatic carbocycles. The summed E-state index contributed by atoms with van der Waals surface area (Å²) in [4.78, 5) is 26.3. The Bertz CT molecular complexity index is 979. The van der Waals surface area contributed by atoms with Crippen LogP contribution in [0.2, 0.25) is 10.0 Å². The molecule has 0 bridgehead atoms. The molecule has 9 heteroatoms. The number of hydrogen-bond donors (Lipinski definition) is 1. The lowest BCUT2D eigenvalue weighted by Crippen LogP contribution is -2.34. The highest BCUT2D eigenvalue weighted by atomic mass is 35.5. The fraction of sp³-hybridized carbons (Fsp3) is 0.391.